The third kappa shape index (κ3) is 2.59. The van der Waals surface area contributed by atoms with Crippen LogP contribution in [-0.4, -0.2) is 13.1 Å². The first-order valence-electron chi connectivity index (χ1n) is 5.88. The van der Waals surface area contributed by atoms with Gasteiger partial charge in [-0.1, -0.05) is 13.0 Å². The van der Waals surface area contributed by atoms with Crippen molar-refractivity contribution in [3.05, 3.63) is 35.4 Å². The molecule has 1 aromatic rings. The molecule has 2 rings (SSSR count). The Labute approximate surface area is 94.9 Å². The second-order valence-electron chi connectivity index (χ2n) is 4.48. The Balaban J connectivity index is 1.88. The predicted octanol–water partition coefficient (Wildman–Crippen LogP) is 3.07. The molecule has 0 spiro atoms. The monoisotopic (exact) mass is 225 g/mol. The second kappa shape index (κ2) is 4.91. The van der Waals surface area contributed by atoms with Crippen LogP contribution in [0.1, 0.15) is 31.2 Å². The summed E-state index contributed by atoms with van der Waals surface area (Å²) in [5.74, 6) is -0.481. The average Bonchev–Trinajstić information content (AvgIpc) is 3.02. The molecular formula is C13H17F2N. The van der Waals surface area contributed by atoms with Gasteiger partial charge in [-0.3, -0.25) is 0 Å². The molecule has 3 heteroatoms. The first kappa shape index (κ1) is 11.5. The lowest BCUT2D eigenvalue weighted by atomic mass is 10.1. The smallest absolute Gasteiger partial charge is 0.159 e. The van der Waals surface area contributed by atoms with Gasteiger partial charge in [0.25, 0.3) is 0 Å². The van der Waals surface area contributed by atoms with E-state index in [1.54, 1.807) is 6.07 Å². The highest BCUT2D eigenvalue weighted by atomic mass is 19.2. The molecule has 0 aliphatic heterocycles. The molecule has 0 radical (unpaired) electrons. The summed E-state index contributed by atoms with van der Waals surface area (Å²) in [6, 6.07) is 4.25. The molecule has 1 fully saturated rings. The largest absolute Gasteiger partial charge is 0.316 e. The van der Waals surface area contributed by atoms with E-state index in [1.165, 1.54) is 12.1 Å². The molecule has 1 aliphatic carbocycles. The Bertz CT molecular complexity index is 365. The Kier molecular flexibility index (Phi) is 3.54. The Morgan fingerprint density at radius 2 is 2.12 bits per heavy atom. The zero-order valence-electron chi connectivity index (χ0n) is 9.47. The van der Waals surface area contributed by atoms with Crippen LogP contribution in [0.4, 0.5) is 8.78 Å². The van der Waals surface area contributed by atoms with Gasteiger partial charge >= 0.3 is 0 Å². The molecular weight excluding hydrogens is 208 g/mol. The van der Waals surface area contributed by atoms with Gasteiger partial charge in [0.2, 0.25) is 0 Å². The van der Waals surface area contributed by atoms with Crippen LogP contribution in [0, 0.1) is 17.6 Å². The summed E-state index contributed by atoms with van der Waals surface area (Å²) in [7, 11) is 0. The lowest BCUT2D eigenvalue weighted by molar-refractivity contribution is 0.506. The zero-order chi connectivity index (χ0) is 11.5. The lowest BCUT2D eigenvalue weighted by Gasteiger charge is -2.03. The van der Waals surface area contributed by atoms with Crippen molar-refractivity contribution in [1.82, 2.24) is 5.32 Å². The maximum Gasteiger partial charge on any atom is 0.159 e. The molecule has 1 aliphatic rings. The number of benzene rings is 1. The van der Waals surface area contributed by atoms with E-state index < -0.39 is 11.6 Å². The Hall–Kier alpha value is -0.960. The maximum absolute atomic E-state index is 13.0. The standard InChI is InChI=1S/C13H17F2N/c1-2-5-16-8-10-6-11(10)9-3-4-12(14)13(15)7-9/h3-4,7,10-11,16H,2,5-6,8H2,1H3. The number of hydrogen-bond donors (Lipinski definition) is 1. The van der Waals surface area contributed by atoms with Crippen molar-refractivity contribution in [3.63, 3.8) is 0 Å². The van der Waals surface area contributed by atoms with Crippen LogP contribution >= 0.6 is 0 Å². The van der Waals surface area contributed by atoms with Gasteiger partial charge in [-0.05, 0) is 55.5 Å². The first-order valence-corrected chi connectivity index (χ1v) is 5.88. The van der Waals surface area contributed by atoms with Crippen molar-refractivity contribution < 1.29 is 8.78 Å². The van der Waals surface area contributed by atoms with Gasteiger partial charge in [0.1, 0.15) is 0 Å². The second-order valence-corrected chi connectivity index (χ2v) is 4.48. The molecule has 1 N–H and O–H groups in total. The zero-order valence-corrected chi connectivity index (χ0v) is 9.47. The third-order valence-electron chi connectivity index (χ3n) is 3.13. The molecule has 2 unspecified atom stereocenters. The van der Waals surface area contributed by atoms with Crippen LogP contribution in [0.3, 0.4) is 0 Å². The van der Waals surface area contributed by atoms with Crippen LogP contribution in [0.25, 0.3) is 0 Å². The SMILES string of the molecule is CCCNCC1CC1c1ccc(F)c(F)c1. The highest BCUT2D eigenvalue weighted by Gasteiger charge is 2.37. The molecule has 16 heavy (non-hydrogen) atoms. The average molecular weight is 225 g/mol. The van der Waals surface area contributed by atoms with E-state index in [0.29, 0.717) is 11.8 Å². The summed E-state index contributed by atoms with van der Waals surface area (Å²) in [5, 5.41) is 3.35. The summed E-state index contributed by atoms with van der Waals surface area (Å²) in [4.78, 5) is 0. The number of nitrogens with one attached hydrogen (secondary N) is 1. The van der Waals surface area contributed by atoms with Crippen molar-refractivity contribution in [2.24, 2.45) is 5.92 Å². The van der Waals surface area contributed by atoms with E-state index in [1.807, 2.05) is 0 Å². The van der Waals surface area contributed by atoms with Crippen LogP contribution in [0.5, 0.6) is 0 Å². The van der Waals surface area contributed by atoms with Crippen LogP contribution < -0.4 is 5.32 Å². The lowest BCUT2D eigenvalue weighted by Crippen LogP contribution is -2.17. The predicted molar refractivity (Wildman–Crippen MR) is 60.4 cm³/mol. The molecule has 1 nitrogen and oxygen atoms in total. The van der Waals surface area contributed by atoms with Crippen molar-refractivity contribution in [3.8, 4) is 0 Å². The van der Waals surface area contributed by atoms with Gasteiger partial charge in [0, 0.05) is 0 Å². The van der Waals surface area contributed by atoms with Gasteiger partial charge in [-0.25, -0.2) is 8.78 Å². The summed E-state index contributed by atoms with van der Waals surface area (Å²) in [6.07, 6.45) is 2.21. The van der Waals surface area contributed by atoms with E-state index in [-0.39, 0.29) is 0 Å². The number of hydrogen-bond acceptors (Lipinski definition) is 1. The summed E-state index contributed by atoms with van der Waals surface area (Å²) in [6.45, 7) is 4.14. The van der Waals surface area contributed by atoms with E-state index in [0.717, 1.165) is 31.5 Å². The molecule has 0 amide bonds. The van der Waals surface area contributed by atoms with Crippen LogP contribution in [-0.2, 0) is 0 Å². The Morgan fingerprint density at radius 3 is 2.81 bits per heavy atom. The van der Waals surface area contributed by atoms with Crippen LogP contribution in [0.15, 0.2) is 18.2 Å². The molecule has 2 atom stereocenters. The minimum Gasteiger partial charge on any atom is -0.316 e. The van der Waals surface area contributed by atoms with Gasteiger partial charge in [-0.15, -0.1) is 0 Å². The third-order valence-corrected chi connectivity index (χ3v) is 3.13. The van der Waals surface area contributed by atoms with Crippen molar-refractivity contribution in [1.29, 1.82) is 0 Å². The fourth-order valence-electron chi connectivity index (χ4n) is 2.09. The highest BCUT2D eigenvalue weighted by Crippen LogP contribution is 2.47. The molecule has 0 saturated heterocycles. The molecule has 0 heterocycles. The molecule has 88 valence electrons. The van der Waals surface area contributed by atoms with Crippen molar-refractivity contribution >= 4 is 0 Å². The number of halogens is 2. The van der Waals surface area contributed by atoms with E-state index in [4.69, 9.17) is 0 Å². The van der Waals surface area contributed by atoms with Crippen molar-refractivity contribution in [2.75, 3.05) is 13.1 Å². The summed E-state index contributed by atoms with van der Waals surface area (Å²) >= 11 is 0. The molecule has 0 aromatic heterocycles. The fourth-order valence-corrected chi connectivity index (χ4v) is 2.09. The maximum atomic E-state index is 13.0. The fraction of sp³-hybridized carbons (Fsp3) is 0.538. The van der Waals surface area contributed by atoms with E-state index in [2.05, 4.69) is 12.2 Å². The van der Waals surface area contributed by atoms with Gasteiger partial charge in [0.05, 0.1) is 0 Å². The summed E-state index contributed by atoms with van der Waals surface area (Å²) in [5.41, 5.74) is 0.933. The van der Waals surface area contributed by atoms with Crippen LogP contribution in [0.2, 0.25) is 0 Å². The van der Waals surface area contributed by atoms with E-state index in [9.17, 15) is 8.78 Å². The Morgan fingerprint density at radius 1 is 1.31 bits per heavy atom. The van der Waals surface area contributed by atoms with Crippen molar-refractivity contribution in [2.45, 2.75) is 25.7 Å². The highest BCUT2D eigenvalue weighted by molar-refractivity contribution is 5.27. The first-order chi connectivity index (χ1) is 7.72. The quantitative estimate of drug-likeness (QED) is 0.759. The van der Waals surface area contributed by atoms with E-state index >= 15 is 0 Å². The summed E-state index contributed by atoms with van der Waals surface area (Å²) < 4.78 is 25.8. The minimum atomic E-state index is -0.759. The minimum absolute atomic E-state index is 0.416. The molecule has 1 aromatic carbocycles. The normalized spacial score (nSPS) is 23.4. The van der Waals surface area contributed by atoms with Gasteiger partial charge in [0.15, 0.2) is 11.6 Å². The van der Waals surface area contributed by atoms with Gasteiger partial charge in [-0.2, -0.15) is 0 Å². The molecule has 1 saturated carbocycles. The molecule has 0 bridgehead atoms. The number of rotatable bonds is 5. The topological polar surface area (TPSA) is 12.0 Å². The van der Waals surface area contributed by atoms with Gasteiger partial charge < -0.3 is 5.32 Å².